The molecule has 0 saturated carbocycles. The van der Waals surface area contributed by atoms with Gasteiger partial charge in [-0.1, -0.05) is 268 Å². The number of hydrogen-bond donors (Lipinski definition) is 1. The Bertz CT molecular complexity index is 1260. The maximum Gasteiger partial charge on any atom is 0.409 e. The minimum absolute atomic E-state index is 0.0323. The van der Waals surface area contributed by atoms with Crippen LogP contribution >= 0.6 is 21.6 Å². The summed E-state index contributed by atoms with van der Waals surface area (Å²) in [5, 5.41) is 2.89. The normalized spacial score (nSPS) is 13.0. The van der Waals surface area contributed by atoms with Gasteiger partial charge >= 0.3 is 24.1 Å². The number of unbranched alkanes of at least 4 members (excludes halogenated alkanes) is 30. The van der Waals surface area contributed by atoms with Crippen molar-refractivity contribution in [2.75, 3.05) is 77.2 Å². The number of esters is 2. The smallest absolute Gasteiger partial charge is 0.409 e. The molecule has 1 heterocycles. The summed E-state index contributed by atoms with van der Waals surface area (Å²) in [4.78, 5) is 56.3. The van der Waals surface area contributed by atoms with Crippen molar-refractivity contribution in [3.63, 3.8) is 0 Å². The molecule has 0 spiro atoms. The Morgan fingerprint density at radius 2 is 0.747 bits per heavy atom. The number of alkyl carbamates (subject to hydrolysis) is 1. The number of nitrogens with one attached hydrogen (secondary N) is 1. The third kappa shape index (κ3) is 49.3. The Balaban J connectivity index is 2.50. The number of ether oxygens (including phenoxy) is 4. The minimum Gasteiger partial charge on any atom is -0.465 e. The number of rotatable bonds is 58. The molecule has 1 N–H and O–H groups in total. The first-order chi connectivity index (χ1) is 38.9. The largest absolute Gasteiger partial charge is 0.465 e. The van der Waals surface area contributed by atoms with Gasteiger partial charge < -0.3 is 34.1 Å². The average molecular weight is 1150 g/mol. The molecule has 0 radical (unpaired) electrons. The van der Waals surface area contributed by atoms with Crippen LogP contribution in [0.5, 0.6) is 0 Å². The second kappa shape index (κ2) is 59.3. The van der Waals surface area contributed by atoms with E-state index in [1.165, 1.54) is 154 Å². The van der Waals surface area contributed by atoms with Gasteiger partial charge in [0, 0.05) is 37.7 Å². The first kappa shape index (κ1) is 75.2. The molecule has 2 amide bonds. The van der Waals surface area contributed by atoms with Crippen molar-refractivity contribution >= 4 is 45.7 Å². The summed E-state index contributed by atoms with van der Waals surface area (Å²) in [6.45, 7) is 15.9. The Morgan fingerprint density at radius 3 is 1.14 bits per heavy atom. The van der Waals surface area contributed by atoms with Crippen LogP contribution in [0.25, 0.3) is 0 Å². The van der Waals surface area contributed by atoms with Gasteiger partial charge in [0.25, 0.3) is 0 Å². The number of amides is 2. The third-order valence-corrected chi connectivity index (χ3v) is 18.3. The molecule has 1 saturated heterocycles. The van der Waals surface area contributed by atoms with Gasteiger partial charge in [0.15, 0.2) is 0 Å². The van der Waals surface area contributed by atoms with Crippen LogP contribution in [-0.4, -0.2) is 111 Å². The van der Waals surface area contributed by atoms with Crippen molar-refractivity contribution in [2.45, 2.75) is 310 Å². The molecule has 0 bridgehead atoms. The maximum absolute atomic E-state index is 13.4. The molecule has 1 fully saturated rings. The molecule has 1 aliphatic rings. The number of nitrogens with zero attached hydrogens (tertiary/aromatic N) is 2. The molecule has 1 rings (SSSR count). The highest BCUT2D eigenvalue weighted by Crippen LogP contribution is 2.24. The zero-order chi connectivity index (χ0) is 57.2. The minimum atomic E-state index is -0.355. The topological polar surface area (TPSA) is 124 Å². The van der Waals surface area contributed by atoms with Gasteiger partial charge in [-0.2, -0.15) is 0 Å². The number of likely N-dealkylation sites (tertiary alicyclic amines) is 1. The van der Waals surface area contributed by atoms with Gasteiger partial charge in [-0.25, -0.2) is 9.59 Å². The Kier molecular flexibility index (Phi) is 56.4. The summed E-state index contributed by atoms with van der Waals surface area (Å²) in [5.74, 6) is 1.53. The van der Waals surface area contributed by atoms with Gasteiger partial charge in [-0.3, -0.25) is 9.59 Å². The Hall–Kier alpha value is -1.86. The molecular weight excluding hydrogens is 1030 g/mol. The average Bonchev–Trinajstić information content (AvgIpc) is 3.73. The lowest BCUT2D eigenvalue weighted by Gasteiger charge is -2.22. The fourth-order valence-corrected chi connectivity index (χ4v) is 12.5. The molecule has 0 aromatic rings. The standard InChI is InChI=1S/C66H127N3O8S2/c1-5-9-13-17-25-35-45-61(46-36-26-18-14-10-6-2)63(70)74-55-43-33-23-21-29-41-52-69(66(73)77-58-60-79-78-59-57-76-65(72)67-49-54-68-50-39-31-32-40-51-68)53-42-30-22-24-34-44-56-75-64(71)62(47-37-27-19-15-11-7-3)48-38-28-20-16-12-8-4/h61-62H,5-60H2,1-4H3,(H,67,72). The van der Waals surface area contributed by atoms with E-state index in [0.29, 0.717) is 57.6 Å². The molecule has 0 unspecified atom stereocenters. The van der Waals surface area contributed by atoms with Gasteiger partial charge in [-0.15, -0.1) is 0 Å². The van der Waals surface area contributed by atoms with Crippen LogP contribution in [0, 0.1) is 11.8 Å². The second-order valence-corrected chi connectivity index (χ2v) is 26.0. The van der Waals surface area contributed by atoms with Crippen molar-refractivity contribution in [3.05, 3.63) is 0 Å². The van der Waals surface area contributed by atoms with Crippen LogP contribution in [0.3, 0.4) is 0 Å². The molecule has 1 aliphatic heterocycles. The summed E-state index contributed by atoms with van der Waals surface area (Å²) in [7, 11) is 3.27. The van der Waals surface area contributed by atoms with E-state index in [4.69, 9.17) is 18.9 Å². The van der Waals surface area contributed by atoms with Gasteiger partial charge in [0.05, 0.1) is 25.0 Å². The predicted molar refractivity (Wildman–Crippen MR) is 338 cm³/mol. The molecule has 466 valence electrons. The number of carbonyl (C=O) groups excluding carboxylic acids is 4. The van der Waals surface area contributed by atoms with E-state index in [0.717, 1.165) is 148 Å². The van der Waals surface area contributed by atoms with E-state index in [9.17, 15) is 19.2 Å². The van der Waals surface area contributed by atoms with Crippen molar-refractivity contribution in [1.82, 2.24) is 15.1 Å². The van der Waals surface area contributed by atoms with E-state index >= 15 is 0 Å². The van der Waals surface area contributed by atoms with E-state index in [1.54, 1.807) is 21.6 Å². The highest BCUT2D eigenvalue weighted by Gasteiger charge is 2.21. The molecule has 0 aliphatic carbocycles. The van der Waals surface area contributed by atoms with E-state index < -0.39 is 0 Å². The van der Waals surface area contributed by atoms with Crippen LogP contribution in [0.1, 0.15) is 310 Å². The van der Waals surface area contributed by atoms with Crippen LogP contribution in [0.2, 0.25) is 0 Å². The monoisotopic (exact) mass is 1150 g/mol. The van der Waals surface area contributed by atoms with E-state index in [2.05, 4.69) is 37.9 Å². The SMILES string of the molecule is CCCCCCCCC(CCCCCCCC)C(=O)OCCCCCCCCN(CCCCCCCCOC(=O)C(CCCCCCCC)CCCCCCCC)C(=O)OCCSSCCOC(=O)NCCN1CCCCCC1. The zero-order valence-electron chi connectivity index (χ0n) is 52.2. The van der Waals surface area contributed by atoms with Gasteiger partial charge in [-0.05, 0) is 77.3 Å². The van der Waals surface area contributed by atoms with Crippen LogP contribution < -0.4 is 5.32 Å². The van der Waals surface area contributed by atoms with E-state index in [1.807, 2.05) is 4.90 Å². The number of hydrogen-bond acceptors (Lipinski definition) is 11. The summed E-state index contributed by atoms with van der Waals surface area (Å²) >= 11 is 0. The molecule has 0 aromatic heterocycles. The van der Waals surface area contributed by atoms with Crippen LogP contribution in [-0.2, 0) is 28.5 Å². The van der Waals surface area contributed by atoms with Crippen molar-refractivity contribution in [1.29, 1.82) is 0 Å². The highest BCUT2D eigenvalue weighted by atomic mass is 33.1. The van der Waals surface area contributed by atoms with Crippen molar-refractivity contribution in [2.24, 2.45) is 11.8 Å². The van der Waals surface area contributed by atoms with Crippen LogP contribution in [0.15, 0.2) is 0 Å². The molecule has 0 aromatic carbocycles. The quantitative estimate of drug-likeness (QED) is 0.0271. The first-order valence-corrected chi connectivity index (χ1v) is 36.5. The highest BCUT2D eigenvalue weighted by molar-refractivity contribution is 8.76. The van der Waals surface area contributed by atoms with Gasteiger partial charge in [0.1, 0.15) is 13.2 Å². The fourth-order valence-electron chi connectivity index (χ4n) is 10.8. The molecule has 13 heteroatoms. The molecule has 79 heavy (non-hydrogen) atoms. The zero-order valence-corrected chi connectivity index (χ0v) is 53.9. The molecular formula is C66H127N3O8S2. The lowest BCUT2D eigenvalue weighted by atomic mass is 9.94. The summed E-state index contributed by atoms with van der Waals surface area (Å²) in [6, 6.07) is 0. The predicted octanol–water partition coefficient (Wildman–Crippen LogP) is 19.4. The second-order valence-electron chi connectivity index (χ2n) is 23.3. The van der Waals surface area contributed by atoms with Crippen molar-refractivity contribution in [3.8, 4) is 0 Å². The summed E-state index contributed by atoms with van der Waals surface area (Å²) in [6.07, 6.45) is 50.7. The fraction of sp³-hybridized carbons (Fsp3) is 0.939. The maximum atomic E-state index is 13.4. The van der Waals surface area contributed by atoms with E-state index in [-0.39, 0.29) is 36.0 Å². The number of carbonyl (C=O) groups is 4. The first-order valence-electron chi connectivity index (χ1n) is 34.0. The molecule has 11 nitrogen and oxygen atoms in total. The van der Waals surface area contributed by atoms with Gasteiger partial charge in [0.2, 0.25) is 0 Å². The third-order valence-electron chi connectivity index (χ3n) is 16.0. The lowest BCUT2D eigenvalue weighted by Crippen LogP contribution is -2.35. The summed E-state index contributed by atoms with van der Waals surface area (Å²) in [5.41, 5.74) is 0. The molecule has 0 atom stereocenters. The Labute approximate surface area is 495 Å². The van der Waals surface area contributed by atoms with Crippen molar-refractivity contribution < 1.29 is 38.1 Å². The van der Waals surface area contributed by atoms with Crippen LogP contribution in [0.4, 0.5) is 9.59 Å². The Morgan fingerprint density at radius 1 is 0.405 bits per heavy atom. The summed E-state index contributed by atoms with van der Waals surface area (Å²) < 4.78 is 23.0. The lowest BCUT2D eigenvalue weighted by molar-refractivity contribution is -0.150.